The predicted octanol–water partition coefficient (Wildman–Crippen LogP) is 4.41. The summed E-state index contributed by atoms with van der Waals surface area (Å²) in [5.41, 5.74) is 1.12. The summed E-state index contributed by atoms with van der Waals surface area (Å²) in [6.45, 7) is 0. The van der Waals surface area contributed by atoms with Gasteiger partial charge in [0.1, 0.15) is 0 Å². The first-order valence-electron chi connectivity index (χ1n) is 5.82. The molecule has 2 heteroatoms. The van der Waals surface area contributed by atoms with Gasteiger partial charge >= 0.3 is 0 Å². The summed E-state index contributed by atoms with van der Waals surface area (Å²) in [5.74, 6) is 0. The fourth-order valence-electron chi connectivity index (χ4n) is 1.52. The Kier molecular flexibility index (Phi) is 4.79. The van der Waals surface area contributed by atoms with E-state index in [9.17, 15) is 4.79 Å². The Morgan fingerprint density at radius 3 is 2.22 bits per heavy atom. The molecule has 90 valence electrons. The maximum absolute atomic E-state index is 11.7. The van der Waals surface area contributed by atoms with Gasteiger partial charge in [-0.05, 0) is 17.7 Å². The lowest BCUT2D eigenvalue weighted by Gasteiger charge is -1.97. The van der Waals surface area contributed by atoms with Gasteiger partial charge in [0.15, 0.2) is 5.12 Å². The summed E-state index contributed by atoms with van der Waals surface area (Å²) in [6.07, 6.45) is 4.34. The van der Waals surface area contributed by atoms with Crippen LogP contribution in [0.2, 0.25) is 0 Å². The molecule has 0 heterocycles. The molecule has 0 fully saturated rings. The monoisotopic (exact) mass is 254 g/mol. The van der Waals surface area contributed by atoms with E-state index in [0.29, 0.717) is 6.42 Å². The molecular formula is C16H14OS. The quantitative estimate of drug-likeness (QED) is 0.752. The van der Waals surface area contributed by atoms with Crippen LogP contribution in [0.5, 0.6) is 0 Å². The minimum absolute atomic E-state index is 0.161. The standard InChI is InChI=1S/C16H14OS/c17-16(18-15-11-5-2-6-12-15)13-7-10-14-8-3-1-4-9-14/h1-12H,13H2/b10-7+. The fourth-order valence-corrected chi connectivity index (χ4v) is 2.25. The van der Waals surface area contributed by atoms with Crippen molar-refractivity contribution in [2.45, 2.75) is 11.3 Å². The highest BCUT2D eigenvalue weighted by molar-refractivity contribution is 8.13. The summed E-state index contributed by atoms with van der Waals surface area (Å²) >= 11 is 1.29. The average molecular weight is 254 g/mol. The molecule has 0 aliphatic heterocycles. The molecule has 2 aromatic rings. The molecule has 0 saturated heterocycles. The van der Waals surface area contributed by atoms with Crippen LogP contribution in [0.3, 0.4) is 0 Å². The molecule has 0 aliphatic carbocycles. The van der Waals surface area contributed by atoms with Crippen LogP contribution in [-0.2, 0) is 4.79 Å². The Morgan fingerprint density at radius 2 is 1.56 bits per heavy atom. The van der Waals surface area contributed by atoms with E-state index in [1.165, 1.54) is 11.8 Å². The maximum Gasteiger partial charge on any atom is 0.197 e. The molecule has 2 aromatic carbocycles. The van der Waals surface area contributed by atoms with Crippen LogP contribution >= 0.6 is 11.8 Å². The van der Waals surface area contributed by atoms with Gasteiger partial charge in [0.25, 0.3) is 0 Å². The average Bonchev–Trinajstić information content (AvgIpc) is 2.41. The normalized spacial score (nSPS) is 10.7. The number of carbonyl (C=O) groups excluding carboxylic acids is 1. The first kappa shape index (κ1) is 12.7. The van der Waals surface area contributed by atoms with Crippen molar-refractivity contribution in [3.05, 3.63) is 72.3 Å². The summed E-state index contributed by atoms with van der Waals surface area (Å²) < 4.78 is 0. The van der Waals surface area contributed by atoms with Crippen molar-refractivity contribution >= 4 is 23.0 Å². The molecule has 0 radical (unpaired) electrons. The largest absolute Gasteiger partial charge is 0.286 e. The van der Waals surface area contributed by atoms with Crippen LogP contribution < -0.4 is 0 Å². The summed E-state index contributed by atoms with van der Waals surface area (Å²) in [7, 11) is 0. The van der Waals surface area contributed by atoms with E-state index in [0.717, 1.165) is 10.5 Å². The number of allylic oxidation sites excluding steroid dienone is 1. The summed E-state index contributed by atoms with van der Waals surface area (Å²) in [6, 6.07) is 19.7. The van der Waals surface area contributed by atoms with Crippen molar-refractivity contribution in [3.8, 4) is 0 Å². The molecule has 0 saturated carbocycles. The van der Waals surface area contributed by atoms with Crippen LogP contribution in [-0.4, -0.2) is 5.12 Å². The molecule has 1 nitrogen and oxygen atoms in total. The third kappa shape index (κ3) is 4.22. The van der Waals surface area contributed by atoms with Crippen molar-refractivity contribution in [1.29, 1.82) is 0 Å². The highest BCUT2D eigenvalue weighted by atomic mass is 32.2. The first-order valence-corrected chi connectivity index (χ1v) is 6.63. The van der Waals surface area contributed by atoms with Gasteiger partial charge in [0.2, 0.25) is 0 Å². The van der Waals surface area contributed by atoms with Crippen molar-refractivity contribution in [2.24, 2.45) is 0 Å². The lowest BCUT2D eigenvalue weighted by Crippen LogP contribution is -1.87. The Morgan fingerprint density at radius 1 is 0.944 bits per heavy atom. The number of carbonyl (C=O) groups is 1. The van der Waals surface area contributed by atoms with Crippen LogP contribution in [0.15, 0.2) is 71.6 Å². The van der Waals surface area contributed by atoms with Crippen LogP contribution in [0.1, 0.15) is 12.0 Å². The van der Waals surface area contributed by atoms with Gasteiger partial charge in [-0.2, -0.15) is 0 Å². The van der Waals surface area contributed by atoms with Crippen LogP contribution in [0.4, 0.5) is 0 Å². The summed E-state index contributed by atoms with van der Waals surface area (Å²) in [4.78, 5) is 12.7. The number of rotatable bonds is 4. The number of hydrogen-bond donors (Lipinski definition) is 0. The molecule has 0 atom stereocenters. The smallest absolute Gasteiger partial charge is 0.197 e. The third-order valence-corrected chi connectivity index (χ3v) is 3.27. The van der Waals surface area contributed by atoms with E-state index in [1.54, 1.807) is 0 Å². The highest BCUT2D eigenvalue weighted by Crippen LogP contribution is 2.19. The zero-order valence-electron chi connectivity index (χ0n) is 9.95. The Hall–Kier alpha value is -1.80. The molecule has 0 bridgehead atoms. The van der Waals surface area contributed by atoms with Gasteiger partial charge < -0.3 is 0 Å². The number of hydrogen-bond acceptors (Lipinski definition) is 2. The zero-order chi connectivity index (χ0) is 12.6. The van der Waals surface area contributed by atoms with E-state index < -0.39 is 0 Å². The van der Waals surface area contributed by atoms with Gasteiger partial charge in [-0.15, -0.1) is 0 Å². The first-order chi connectivity index (χ1) is 8.84. The maximum atomic E-state index is 11.7. The van der Waals surface area contributed by atoms with E-state index in [4.69, 9.17) is 0 Å². The second-order valence-electron chi connectivity index (χ2n) is 3.80. The number of benzene rings is 2. The molecule has 0 aliphatic rings. The van der Waals surface area contributed by atoms with E-state index in [-0.39, 0.29) is 5.12 Å². The van der Waals surface area contributed by atoms with Crippen molar-refractivity contribution in [1.82, 2.24) is 0 Å². The molecule has 0 N–H and O–H groups in total. The van der Waals surface area contributed by atoms with Crippen LogP contribution in [0, 0.1) is 0 Å². The van der Waals surface area contributed by atoms with E-state index >= 15 is 0 Å². The van der Waals surface area contributed by atoms with Crippen molar-refractivity contribution < 1.29 is 4.79 Å². The van der Waals surface area contributed by atoms with Crippen LogP contribution in [0.25, 0.3) is 6.08 Å². The lowest BCUT2D eigenvalue weighted by atomic mass is 10.2. The third-order valence-electron chi connectivity index (χ3n) is 2.37. The Labute approximate surface area is 112 Å². The highest BCUT2D eigenvalue weighted by Gasteiger charge is 2.01. The Balaban J connectivity index is 1.84. The molecule has 0 unspecified atom stereocenters. The van der Waals surface area contributed by atoms with Gasteiger partial charge in [-0.25, -0.2) is 0 Å². The predicted molar refractivity (Wildman–Crippen MR) is 77.4 cm³/mol. The minimum atomic E-state index is 0.161. The minimum Gasteiger partial charge on any atom is -0.286 e. The molecule has 0 spiro atoms. The van der Waals surface area contributed by atoms with Gasteiger partial charge in [-0.1, -0.05) is 72.4 Å². The molecule has 0 aromatic heterocycles. The fraction of sp³-hybridized carbons (Fsp3) is 0.0625. The van der Waals surface area contributed by atoms with Crippen molar-refractivity contribution in [3.63, 3.8) is 0 Å². The van der Waals surface area contributed by atoms with E-state index in [1.807, 2.05) is 72.8 Å². The molecule has 18 heavy (non-hydrogen) atoms. The second kappa shape index (κ2) is 6.82. The molecule has 2 rings (SSSR count). The molecule has 0 amide bonds. The zero-order valence-corrected chi connectivity index (χ0v) is 10.8. The molecular weight excluding hydrogens is 240 g/mol. The van der Waals surface area contributed by atoms with Crippen molar-refractivity contribution in [2.75, 3.05) is 0 Å². The second-order valence-corrected chi connectivity index (χ2v) is 4.94. The topological polar surface area (TPSA) is 17.1 Å². The summed E-state index contributed by atoms with van der Waals surface area (Å²) in [5, 5.41) is 0.161. The van der Waals surface area contributed by atoms with Gasteiger partial charge in [0.05, 0.1) is 0 Å². The van der Waals surface area contributed by atoms with Gasteiger partial charge in [0, 0.05) is 11.3 Å². The Bertz CT molecular complexity index is 517. The SMILES string of the molecule is O=C(C/C=C/c1ccccc1)Sc1ccccc1. The number of thioether (sulfide) groups is 1. The van der Waals surface area contributed by atoms with Gasteiger partial charge in [-0.3, -0.25) is 4.79 Å². The lowest BCUT2D eigenvalue weighted by molar-refractivity contribution is -0.110. The van der Waals surface area contributed by atoms with E-state index in [2.05, 4.69) is 0 Å².